The van der Waals surface area contributed by atoms with E-state index in [0.29, 0.717) is 35.1 Å². The molecule has 8 heteroatoms. The zero-order chi connectivity index (χ0) is 22.1. The minimum atomic E-state index is 0.180. The van der Waals surface area contributed by atoms with Crippen LogP contribution >= 0.6 is 0 Å². The Labute approximate surface area is 175 Å². The van der Waals surface area contributed by atoms with E-state index in [2.05, 4.69) is 15.0 Å². The van der Waals surface area contributed by atoms with Crippen LogP contribution in [0.2, 0.25) is 0 Å². The Morgan fingerprint density at radius 1 is 1.03 bits per heavy atom. The number of carbonyl (C=O) groups excluding carboxylic acids is 2. The van der Waals surface area contributed by atoms with E-state index < -0.39 is 0 Å². The van der Waals surface area contributed by atoms with Gasteiger partial charge < -0.3 is 24.3 Å². The highest BCUT2D eigenvalue weighted by Gasteiger charge is 2.16. The first-order valence-electron chi connectivity index (χ1n) is 9.23. The summed E-state index contributed by atoms with van der Waals surface area (Å²) < 4.78 is 21.0. The second kappa shape index (κ2) is 10.8. The molecule has 0 aliphatic rings. The van der Waals surface area contributed by atoms with Crippen LogP contribution in [-0.2, 0) is 9.53 Å². The normalized spacial score (nSPS) is 10.9. The average molecular weight is 414 g/mol. The molecule has 0 atom stereocenters. The van der Waals surface area contributed by atoms with Gasteiger partial charge in [-0.05, 0) is 37.1 Å². The van der Waals surface area contributed by atoms with Crippen LogP contribution in [0.3, 0.4) is 0 Å². The molecule has 0 bridgehead atoms. The standard InChI is InChI=1S/C22H26N2O6/c1-14-8-16(9-15(2)21(14)30-7-6-29-13-26)22(23-3)24-19-10-17(27-4)11-20(28-5)18(19)12-25/h8-13H,6-7H2,1-5H3,(H,23,24). The maximum atomic E-state index is 11.7. The van der Waals surface area contributed by atoms with Crippen LogP contribution in [0.1, 0.15) is 27.0 Å². The van der Waals surface area contributed by atoms with Crippen molar-refractivity contribution in [3.63, 3.8) is 0 Å². The first-order valence-corrected chi connectivity index (χ1v) is 9.23. The quantitative estimate of drug-likeness (QED) is 0.276. The molecule has 0 saturated heterocycles. The van der Waals surface area contributed by atoms with Crippen LogP contribution in [0.15, 0.2) is 29.3 Å². The topological polar surface area (TPSA) is 95.5 Å². The fraction of sp³-hybridized carbons (Fsp3) is 0.318. The van der Waals surface area contributed by atoms with Crippen molar-refractivity contribution in [3.05, 3.63) is 46.5 Å². The van der Waals surface area contributed by atoms with E-state index in [4.69, 9.17) is 14.2 Å². The molecule has 1 N–H and O–H groups in total. The summed E-state index contributed by atoms with van der Waals surface area (Å²) in [5.74, 6) is 2.23. The van der Waals surface area contributed by atoms with E-state index in [9.17, 15) is 9.59 Å². The average Bonchev–Trinajstić information content (AvgIpc) is 2.75. The molecule has 0 heterocycles. The van der Waals surface area contributed by atoms with Gasteiger partial charge >= 0.3 is 0 Å². The third-order valence-corrected chi connectivity index (χ3v) is 4.42. The maximum absolute atomic E-state index is 11.7. The number of hydrogen-bond donors (Lipinski definition) is 1. The zero-order valence-electron chi connectivity index (χ0n) is 17.8. The Balaban J connectivity index is 2.35. The van der Waals surface area contributed by atoms with E-state index in [0.717, 1.165) is 28.7 Å². The van der Waals surface area contributed by atoms with Crippen molar-refractivity contribution in [3.8, 4) is 17.2 Å². The number of aryl methyl sites for hydroxylation is 2. The number of rotatable bonds is 10. The van der Waals surface area contributed by atoms with Crippen molar-refractivity contribution in [2.45, 2.75) is 13.8 Å². The van der Waals surface area contributed by atoms with Crippen molar-refractivity contribution in [2.75, 3.05) is 39.8 Å². The molecule has 0 unspecified atom stereocenters. The van der Waals surface area contributed by atoms with Crippen molar-refractivity contribution in [1.82, 2.24) is 0 Å². The highest BCUT2D eigenvalue weighted by molar-refractivity contribution is 6.10. The lowest BCUT2D eigenvalue weighted by molar-refractivity contribution is -0.129. The lowest BCUT2D eigenvalue weighted by Gasteiger charge is -2.18. The molecule has 2 aromatic carbocycles. The number of anilines is 1. The molecule has 2 rings (SSSR count). The van der Waals surface area contributed by atoms with Crippen molar-refractivity contribution >= 4 is 24.3 Å². The third-order valence-electron chi connectivity index (χ3n) is 4.42. The number of carbonyl (C=O) groups is 2. The maximum Gasteiger partial charge on any atom is 0.293 e. The molecule has 0 amide bonds. The van der Waals surface area contributed by atoms with Gasteiger partial charge in [0, 0.05) is 24.7 Å². The molecule has 2 aromatic rings. The number of nitrogens with one attached hydrogen (secondary N) is 1. The summed E-state index contributed by atoms with van der Waals surface area (Å²) in [6.07, 6.45) is 0.725. The fourth-order valence-electron chi connectivity index (χ4n) is 3.05. The predicted octanol–water partition coefficient (Wildman–Crippen LogP) is 3.17. The Morgan fingerprint density at radius 3 is 2.27 bits per heavy atom. The van der Waals surface area contributed by atoms with Gasteiger partial charge in [-0.1, -0.05) is 0 Å². The minimum Gasteiger partial charge on any atom is -0.497 e. The zero-order valence-corrected chi connectivity index (χ0v) is 17.8. The molecule has 0 aliphatic carbocycles. The van der Waals surface area contributed by atoms with Gasteiger partial charge in [0.05, 0.1) is 25.5 Å². The summed E-state index contributed by atoms with van der Waals surface area (Å²) in [7, 11) is 4.69. The highest BCUT2D eigenvalue weighted by atomic mass is 16.5. The van der Waals surface area contributed by atoms with Crippen LogP contribution in [0.25, 0.3) is 0 Å². The number of ether oxygens (including phenoxy) is 4. The minimum absolute atomic E-state index is 0.180. The van der Waals surface area contributed by atoms with E-state index in [1.807, 2.05) is 26.0 Å². The first-order chi connectivity index (χ1) is 14.5. The van der Waals surface area contributed by atoms with Gasteiger partial charge in [0.2, 0.25) is 0 Å². The van der Waals surface area contributed by atoms with Gasteiger partial charge in [0.1, 0.15) is 36.3 Å². The van der Waals surface area contributed by atoms with Gasteiger partial charge in [-0.3, -0.25) is 14.6 Å². The van der Waals surface area contributed by atoms with Crippen LogP contribution in [0.4, 0.5) is 5.69 Å². The van der Waals surface area contributed by atoms with E-state index in [1.54, 1.807) is 26.3 Å². The smallest absolute Gasteiger partial charge is 0.293 e. The lowest BCUT2D eigenvalue weighted by Crippen LogP contribution is -2.16. The Kier molecular flexibility index (Phi) is 8.22. The number of hydrogen-bond acceptors (Lipinski definition) is 7. The number of aliphatic imine (C=N–C) groups is 1. The molecule has 0 aromatic heterocycles. The summed E-state index contributed by atoms with van der Waals surface area (Å²) in [4.78, 5) is 26.3. The molecule has 30 heavy (non-hydrogen) atoms. The monoisotopic (exact) mass is 414 g/mol. The van der Waals surface area contributed by atoms with E-state index >= 15 is 0 Å². The third kappa shape index (κ3) is 5.28. The number of nitrogens with zero attached hydrogens (tertiary/aromatic N) is 1. The number of benzene rings is 2. The summed E-state index contributed by atoms with van der Waals surface area (Å²) in [6, 6.07) is 7.21. The van der Waals surface area contributed by atoms with E-state index in [-0.39, 0.29) is 13.2 Å². The molecular formula is C22H26N2O6. The second-order valence-electron chi connectivity index (χ2n) is 6.36. The molecule has 0 spiro atoms. The summed E-state index contributed by atoms with van der Waals surface area (Å²) in [6.45, 7) is 4.68. The van der Waals surface area contributed by atoms with Crippen LogP contribution in [0.5, 0.6) is 17.2 Å². The van der Waals surface area contributed by atoms with Gasteiger partial charge in [-0.2, -0.15) is 0 Å². The molecule has 8 nitrogen and oxygen atoms in total. The first kappa shape index (κ1) is 22.7. The summed E-state index contributed by atoms with van der Waals surface area (Å²) >= 11 is 0. The number of aldehydes is 1. The second-order valence-corrected chi connectivity index (χ2v) is 6.36. The molecule has 160 valence electrons. The van der Waals surface area contributed by atoms with Crippen LogP contribution in [-0.4, -0.2) is 53.1 Å². The molecule has 0 radical (unpaired) electrons. The van der Waals surface area contributed by atoms with Crippen molar-refractivity contribution in [2.24, 2.45) is 4.99 Å². The van der Waals surface area contributed by atoms with Crippen LogP contribution < -0.4 is 19.5 Å². The molecular weight excluding hydrogens is 388 g/mol. The number of methoxy groups -OCH3 is 2. The van der Waals surface area contributed by atoms with Crippen molar-refractivity contribution < 1.29 is 28.5 Å². The Bertz CT molecular complexity index is 916. The van der Waals surface area contributed by atoms with E-state index in [1.165, 1.54) is 7.11 Å². The largest absolute Gasteiger partial charge is 0.497 e. The summed E-state index contributed by atoms with van der Waals surface area (Å²) in [5, 5.41) is 3.21. The molecule has 0 fully saturated rings. The van der Waals surface area contributed by atoms with Gasteiger partial charge in [-0.25, -0.2) is 0 Å². The number of amidine groups is 1. The Morgan fingerprint density at radius 2 is 1.73 bits per heavy atom. The molecule has 0 aliphatic heterocycles. The van der Waals surface area contributed by atoms with Gasteiger partial charge in [0.15, 0.2) is 6.29 Å². The van der Waals surface area contributed by atoms with Gasteiger partial charge in [0.25, 0.3) is 6.47 Å². The molecule has 0 saturated carbocycles. The van der Waals surface area contributed by atoms with Crippen LogP contribution in [0, 0.1) is 13.8 Å². The fourth-order valence-corrected chi connectivity index (χ4v) is 3.05. The lowest BCUT2D eigenvalue weighted by atomic mass is 10.0. The highest BCUT2D eigenvalue weighted by Crippen LogP contribution is 2.32. The SMILES string of the molecule is CN=C(Nc1cc(OC)cc(OC)c1C=O)c1cc(C)c(OCCOC=O)c(C)c1. The predicted molar refractivity (Wildman–Crippen MR) is 114 cm³/mol. The van der Waals surface area contributed by atoms with Crippen molar-refractivity contribution in [1.29, 1.82) is 0 Å². The Hall–Kier alpha value is -3.55. The van der Waals surface area contributed by atoms with Gasteiger partial charge in [-0.15, -0.1) is 0 Å². The summed E-state index contributed by atoms with van der Waals surface area (Å²) in [5.41, 5.74) is 3.50.